The Balaban J connectivity index is 1.52. The number of carbonyl (C=O) groups excluding carboxylic acids is 2. The number of fused-ring (bicyclic) bond motifs is 2. The first kappa shape index (κ1) is 21.5. The first-order valence-electron chi connectivity index (χ1n) is 11.9. The van der Waals surface area contributed by atoms with Crippen LogP contribution in [0.15, 0.2) is 66.4 Å². The van der Waals surface area contributed by atoms with E-state index in [2.05, 4.69) is 34.3 Å². The summed E-state index contributed by atoms with van der Waals surface area (Å²) in [7, 11) is 3.83. The molecule has 0 fully saturated rings. The molecule has 33 heavy (non-hydrogen) atoms. The maximum absolute atomic E-state index is 13.7. The summed E-state index contributed by atoms with van der Waals surface area (Å²) in [4.78, 5) is 28.8. The normalized spacial score (nSPS) is 20.5. The minimum Gasteiger partial charge on any atom is -0.355 e. The van der Waals surface area contributed by atoms with E-state index in [1.54, 1.807) is 4.90 Å². The van der Waals surface area contributed by atoms with Crippen molar-refractivity contribution in [2.75, 3.05) is 13.6 Å². The van der Waals surface area contributed by atoms with E-state index >= 15 is 0 Å². The Labute approximate surface area is 195 Å². The van der Waals surface area contributed by atoms with Gasteiger partial charge in [-0.3, -0.25) is 9.59 Å². The molecule has 0 unspecified atom stereocenters. The molecule has 2 heterocycles. The van der Waals surface area contributed by atoms with Crippen LogP contribution in [-0.2, 0) is 11.8 Å². The maximum atomic E-state index is 13.7. The molecule has 0 radical (unpaired) electrons. The summed E-state index contributed by atoms with van der Waals surface area (Å²) >= 11 is 0. The second kappa shape index (κ2) is 8.89. The predicted molar refractivity (Wildman–Crippen MR) is 131 cm³/mol. The zero-order valence-corrected chi connectivity index (χ0v) is 19.4. The van der Waals surface area contributed by atoms with Crippen LogP contribution in [0.1, 0.15) is 65.5 Å². The van der Waals surface area contributed by atoms with Gasteiger partial charge in [0.05, 0.1) is 12.0 Å². The van der Waals surface area contributed by atoms with E-state index in [-0.39, 0.29) is 17.9 Å². The summed E-state index contributed by atoms with van der Waals surface area (Å²) in [6.07, 6.45) is 10.1. The molecular weight excluding hydrogens is 410 g/mol. The Morgan fingerprint density at radius 1 is 1.03 bits per heavy atom. The van der Waals surface area contributed by atoms with E-state index in [4.69, 9.17) is 0 Å². The highest BCUT2D eigenvalue weighted by atomic mass is 16.2. The molecule has 0 spiro atoms. The number of likely N-dealkylation sites (N-methyl/N-ethyl adjacent to an activating group) is 1. The van der Waals surface area contributed by atoms with Crippen LogP contribution >= 0.6 is 0 Å². The van der Waals surface area contributed by atoms with Gasteiger partial charge in [0, 0.05) is 48.9 Å². The third-order valence-corrected chi connectivity index (χ3v) is 7.24. The van der Waals surface area contributed by atoms with E-state index in [1.165, 1.54) is 18.4 Å². The van der Waals surface area contributed by atoms with Crippen LogP contribution in [0.3, 0.4) is 0 Å². The largest absolute Gasteiger partial charge is 0.355 e. The fraction of sp³-hybridized carbons (Fsp3) is 0.357. The molecule has 1 aliphatic heterocycles. The van der Waals surface area contributed by atoms with Crippen LogP contribution in [0.25, 0.3) is 10.9 Å². The Bertz CT molecular complexity index is 1240. The third kappa shape index (κ3) is 3.86. The van der Waals surface area contributed by atoms with Gasteiger partial charge in [-0.15, -0.1) is 0 Å². The van der Waals surface area contributed by atoms with Gasteiger partial charge in [-0.05, 0) is 49.8 Å². The van der Waals surface area contributed by atoms with Crippen LogP contribution in [-0.4, -0.2) is 34.9 Å². The topological polar surface area (TPSA) is 54.3 Å². The molecule has 2 amide bonds. The summed E-state index contributed by atoms with van der Waals surface area (Å²) in [5.74, 6) is -0.522. The fourth-order valence-electron chi connectivity index (χ4n) is 5.54. The number of amides is 2. The van der Waals surface area contributed by atoms with Crippen molar-refractivity contribution in [3.63, 3.8) is 0 Å². The van der Waals surface area contributed by atoms with Gasteiger partial charge in [0.25, 0.3) is 5.91 Å². The van der Waals surface area contributed by atoms with Crippen molar-refractivity contribution in [1.29, 1.82) is 0 Å². The number of hydrogen-bond acceptors (Lipinski definition) is 2. The number of benzene rings is 2. The number of rotatable bonds is 5. The van der Waals surface area contributed by atoms with E-state index in [0.29, 0.717) is 12.1 Å². The molecule has 1 aliphatic carbocycles. The van der Waals surface area contributed by atoms with E-state index in [0.717, 1.165) is 41.3 Å². The Morgan fingerprint density at radius 3 is 2.64 bits per heavy atom. The van der Waals surface area contributed by atoms with Crippen molar-refractivity contribution in [2.24, 2.45) is 7.05 Å². The number of nitrogens with one attached hydrogen (secondary N) is 1. The van der Waals surface area contributed by atoms with Crippen molar-refractivity contribution in [1.82, 2.24) is 14.8 Å². The van der Waals surface area contributed by atoms with E-state index in [1.807, 2.05) is 50.5 Å². The first-order valence-corrected chi connectivity index (χ1v) is 11.9. The average molecular weight is 442 g/mol. The number of nitrogens with zero attached hydrogens (tertiary/aromatic N) is 2. The lowest BCUT2D eigenvalue weighted by Crippen LogP contribution is -2.45. The molecule has 0 saturated carbocycles. The van der Waals surface area contributed by atoms with Gasteiger partial charge in [-0.2, -0.15) is 0 Å². The molecule has 5 heteroatoms. The van der Waals surface area contributed by atoms with Crippen molar-refractivity contribution in [3.05, 3.63) is 83.1 Å². The minimum absolute atomic E-state index is 0.0175. The molecule has 5 nitrogen and oxygen atoms in total. The SMILES string of the molecule is CN1C(=O)c2ccccc2[C@H](C(=O)NCCC2=CCCCC2)[C@H]1c1cn(C)c2ccccc12. The van der Waals surface area contributed by atoms with Gasteiger partial charge in [-0.25, -0.2) is 0 Å². The van der Waals surface area contributed by atoms with Crippen molar-refractivity contribution in [3.8, 4) is 0 Å². The number of para-hydroxylation sites is 1. The Kier molecular flexibility index (Phi) is 5.79. The lowest BCUT2D eigenvalue weighted by molar-refractivity contribution is -0.124. The van der Waals surface area contributed by atoms with Crippen LogP contribution in [0.4, 0.5) is 0 Å². The standard InChI is InChI=1S/C28H31N3O2/c1-30-18-23(20-12-8-9-15-24(20)30)26-25(21-13-6-7-14-22(21)28(33)31(26)2)27(32)29-17-16-19-10-4-3-5-11-19/h6-10,12-15,18,25-26H,3-5,11,16-17H2,1-2H3,(H,29,32)/t25-,26+/m0/s1. The van der Waals surface area contributed by atoms with Crippen LogP contribution in [0.2, 0.25) is 0 Å². The van der Waals surface area contributed by atoms with Gasteiger partial charge >= 0.3 is 0 Å². The summed E-state index contributed by atoms with van der Waals surface area (Å²) in [6.45, 7) is 0.628. The molecule has 1 N–H and O–H groups in total. The zero-order valence-electron chi connectivity index (χ0n) is 19.4. The summed E-state index contributed by atoms with van der Waals surface area (Å²) in [5, 5.41) is 4.28. The summed E-state index contributed by atoms with van der Waals surface area (Å²) in [6, 6.07) is 15.4. The highest BCUT2D eigenvalue weighted by Gasteiger charge is 2.43. The Hall–Kier alpha value is -3.34. The monoisotopic (exact) mass is 441 g/mol. The number of aromatic nitrogens is 1. The van der Waals surface area contributed by atoms with Crippen LogP contribution < -0.4 is 5.32 Å². The van der Waals surface area contributed by atoms with Gasteiger partial charge in [0.15, 0.2) is 0 Å². The minimum atomic E-state index is -0.463. The smallest absolute Gasteiger partial charge is 0.254 e. The number of carbonyl (C=O) groups is 2. The molecule has 5 rings (SSSR count). The second-order valence-electron chi connectivity index (χ2n) is 9.29. The summed E-state index contributed by atoms with van der Waals surface area (Å²) < 4.78 is 2.08. The Morgan fingerprint density at radius 2 is 1.82 bits per heavy atom. The lowest BCUT2D eigenvalue weighted by Gasteiger charge is -2.39. The van der Waals surface area contributed by atoms with E-state index in [9.17, 15) is 9.59 Å². The molecule has 3 aromatic rings. The van der Waals surface area contributed by atoms with Crippen molar-refractivity contribution >= 4 is 22.7 Å². The first-order chi connectivity index (χ1) is 16.1. The molecule has 0 saturated heterocycles. The molecule has 2 atom stereocenters. The number of hydrogen-bond donors (Lipinski definition) is 1. The van der Waals surface area contributed by atoms with Crippen LogP contribution in [0.5, 0.6) is 0 Å². The van der Waals surface area contributed by atoms with Crippen LogP contribution in [0, 0.1) is 0 Å². The highest BCUT2D eigenvalue weighted by molar-refractivity contribution is 6.02. The average Bonchev–Trinajstić information content (AvgIpc) is 3.18. The number of allylic oxidation sites excluding steroid dienone is 1. The second-order valence-corrected chi connectivity index (χ2v) is 9.29. The molecule has 170 valence electrons. The maximum Gasteiger partial charge on any atom is 0.254 e. The lowest BCUT2D eigenvalue weighted by atomic mass is 9.79. The molecule has 2 aliphatic rings. The number of aryl methyl sites for hydroxylation is 1. The van der Waals surface area contributed by atoms with Gasteiger partial charge in [0.1, 0.15) is 0 Å². The quantitative estimate of drug-likeness (QED) is 0.561. The molecular formula is C28H31N3O2. The highest BCUT2D eigenvalue weighted by Crippen LogP contribution is 2.44. The van der Waals surface area contributed by atoms with Gasteiger partial charge in [0.2, 0.25) is 5.91 Å². The van der Waals surface area contributed by atoms with E-state index < -0.39 is 5.92 Å². The molecule has 2 aromatic carbocycles. The fourth-order valence-corrected chi connectivity index (χ4v) is 5.54. The zero-order chi connectivity index (χ0) is 22.9. The van der Waals surface area contributed by atoms with Crippen molar-refractivity contribution in [2.45, 2.75) is 44.1 Å². The summed E-state index contributed by atoms with van der Waals surface area (Å²) in [5.41, 5.74) is 4.98. The molecule has 0 bridgehead atoms. The van der Waals surface area contributed by atoms with Gasteiger partial charge < -0.3 is 14.8 Å². The third-order valence-electron chi connectivity index (χ3n) is 7.24. The predicted octanol–water partition coefficient (Wildman–Crippen LogP) is 5.10. The molecule has 1 aromatic heterocycles. The van der Waals surface area contributed by atoms with Crippen molar-refractivity contribution < 1.29 is 9.59 Å². The van der Waals surface area contributed by atoms with Gasteiger partial charge in [-0.1, -0.05) is 48.0 Å².